The van der Waals surface area contributed by atoms with Crippen LogP contribution in [0.15, 0.2) is 18.2 Å². The highest BCUT2D eigenvalue weighted by Crippen LogP contribution is 2.22. The molecule has 0 spiro atoms. The van der Waals surface area contributed by atoms with Crippen LogP contribution in [0.5, 0.6) is 0 Å². The zero-order valence-corrected chi connectivity index (χ0v) is 12.9. The number of ether oxygens (including phenoxy) is 1. The van der Waals surface area contributed by atoms with E-state index in [0.717, 1.165) is 12.8 Å². The Hall–Kier alpha value is -1.84. The summed E-state index contributed by atoms with van der Waals surface area (Å²) in [5.41, 5.74) is 3.08. The number of nitrogens with one attached hydrogen (secondary N) is 1. The van der Waals surface area contributed by atoms with Crippen LogP contribution in [0.25, 0.3) is 0 Å². The molecule has 1 N–H and O–H groups in total. The van der Waals surface area contributed by atoms with Crippen molar-refractivity contribution < 1.29 is 14.3 Å². The Balaban J connectivity index is 2.01. The molecule has 1 aliphatic rings. The van der Waals surface area contributed by atoms with Gasteiger partial charge in [0.25, 0.3) is 5.91 Å². The smallest absolute Gasteiger partial charge is 0.338 e. The Morgan fingerprint density at radius 1 is 1.10 bits per heavy atom. The van der Waals surface area contributed by atoms with Gasteiger partial charge in [-0.15, -0.1) is 0 Å². The van der Waals surface area contributed by atoms with Crippen molar-refractivity contribution in [1.29, 1.82) is 0 Å². The maximum Gasteiger partial charge on any atom is 0.338 e. The average Bonchev–Trinajstić information content (AvgIpc) is 2.45. The van der Waals surface area contributed by atoms with E-state index < -0.39 is 12.1 Å². The molecule has 4 heteroatoms. The van der Waals surface area contributed by atoms with Crippen molar-refractivity contribution in [3.63, 3.8) is 0 Å². The summed E-state index contributed by atoms with van der Waals surface area (Å²) in [6.07, 6.45) is 3.69. The van der Waals surface area contributed by atoms with E-state index >= 15 is 0 Å². The fourth-order valence-electron chi connectivity index (χ4n) is 2.54. The van der Waals surface area contributed by atoms with Crippen molar-refractivity contribution in [2.75, 3.05) is 0 Å². The average molecular weight is 289 g/mol. The lowest BCUT2D eigenvalue weighted by molar-refractivity contribution is -0.129. The van der Waals surface area contributed by atoms with Gasteiger partial charge in [0.05, 0.1) is 5.56 Å². The van der Waals surface area contributed by atoms with Crippen LogP contribution in [0.4, 0.5) is 0 Å². The fourth-order valence-corrected chi connectivity index (χ4v) is 2.54. The predicted octanol–water partition coefficient (Wildman–Crippen LogP) is 2.64. The number of esters is 1. The van der Waals surface area contributed by atoms with Gasteiger partial charge >= 0.3 is 5.97 Å². The van der Waals surface area contributed by atoms with E-state index in [1.165, 1.54) is 24.0 Å². The Bertz CT molecular complexity index is 537. The second-order valence-electron chi connectivity index (χ2n) is 5.90. The topological polar surface area (TPSA) is 55.4 Å². The molecule has 1 aromatic carbocycles. The molecule has 1 atom stereocenters. The van der Waals surface area contributed by atoms with Crippen molar-refractivity contribution in [3.8, 4) is 0 Å². The summed E-state index contributed by atoms with van der Waals surface area (Å²) < 4.78 is 5.24. The number of carbonyl (C=O) groups excluding carboxylic acids is 2. The minimum Gasteiger partial charge on any atom is -0.449 e. The van der Waals surface area contributed by atoms with Gasteiger partial charge in [-0.1, -0.05) is 6.07 Å². The first-order chi connectivity index (χ1) is 9.97. The molecule has 0 radical (unpaired) electrons. The fraction of sp³-hybridized carbons (Fsp3) is 0.529. The Morgan fingerprint density at radius 2 is 1.76 bits per heavy atom. The zero-order valence-electron chi connectivity index (χ0n) is 12.9. The highest BCUT2D eigenvalue weighted by atomic mass is 16.5. The molecule has 0 bridgehead atoms. The summed E-state index contributed by atoms with van der Waals surface area (Å²) in [6, 6.07) is 5.73. The van der Waals surface area contributed by atoms with Crippen LogP contribution in [0.1, 0.15) is 55.1 Å². The van der Waals surface area contributed by atoms with E-state index in [1.54, 1.807) is 13.0 Å². The standard InChI is InChI=1S/C17H23NO3/c1-11(2)18-16(19)12(3)21-17(20)15-9-8-13-6-4-5-7-14(13)10-15/h8-12H,4-7H2,1-3H3,(H,18,19)/t12-/m1/s1. The molecule has 1 aliphatic carbocycles. The third-order valence-electron chi connectivity index (χ3n) is 3.67. The third kappa shape index (κ3) is 4.06. The number of rotatable bonds is 4. The van der Waals surface area contributed by atoms with Crippen molar-refractivity contribution in [1.82, 2.24) is 5.32 Å². The summed E-state index contributed by atoms with van der Waals surface area (Å²) in [6.45, 7) is 5.33. The molecule has 0 aromatic heterocycles. The minimum absolute atomic E-state index is 0.0300. The molecular formula is C17H23NO3. The molecule has 1 amide bonds. The molecule has 0 heterocycles. The van der Waals surface area contributed by atoms with Crippen LogP contribution >= 0.6 is 0 Å². The lowest BCUT2D eigenvalue weighted by Gasteiger charge is -2.18. The van der Waals surface area contributed by atoms with E-state index in [2.05, 4.69) is 5.32 Å². The molecule has 0 fully saturated rings. The molecule has 0 saturated heterocycles. The molecule has 21 heavy (non-hydrogen) atoms. The second-order valence-corrected chi connectivity index (χ2v) is 5.90. The zero-order chi connectivity index (χ0) is 15.4. The number of aryl methyl sites for hydroxylation is 2. The summed E-state index contributed by atoms with van der Waals surface area (Å²) in [7, 11) is 0. The molecule has 0 aliphatic heterocycles. The summed E-state index contributed by atoms with van der Waals surface area (Å²) >= 11 is 0. The Morgan fingerprint density at radius 3 is 2.43 bits per heavy atom. The van der Waals surface area contributed by atoms with E-state index in [-0.39, 0.29) is 11.9 Å². The Kier molecular flexibility index (Phi) is 4.99. The quantitative estimate of drug-likeness (QED) is 0.867. The van der Waals surface area contributed by atoms with E-state index in [9.17, 15) is 9.59 Å². The minimum atomic E-state index is -0.782. The van der Waals surface area contributed by atoms with Gasteiger partial charge in [-0.2, -0.15) is 0 Å². The maximum absolute atomic E-state index is 12.1. The molecule has 114 valence electrons. The SMILES string of the molecule is CC(C)NC(=O)[C@@H](C)OC(=O)c1ccc2c(c1)CCCC2. The first-order valence-corrected chi connectivity index (χ1v) is 7.60. The monoisotopic (exact) mass is 289 g/mol. The van der Waals surface area contributed by atoms with Crippen molar-refractivity contribution in [2.45, 2.75) is 58.6 Å². The van der Waals surface area contributed by atoms with Crippen molar-refractivity contribution in [2.24, 2.45) is 0 Å². The van der Waals surface area contributed by atoms with Gasteiger partial charge in [-0.3, -0.25) is 4.79 Å². The number of hydrogen-bond acceptors (Lipinski definition) is 3. The molecule has 0 unspecified atom stereocenters. The van der Waals surface area contributed by atoms with Gasteiger partial charge in [0.15, 0.2) is 6.10 Å². The van der Waals surface area contributed by atoms with Crippen molar-refractivity contribution >= 4 is 11.9 Å². The molecule has 1 aromatic rings. The number of carbonyl (C=O) groups is 2. The first-order valence-electron chi connectivity index (χ1n) is 7.60. The van der Waals surface area contributed by atoms with Crippen LogP contribution in [-0.2, 0) is 22.4 Å². The normalized spacial score (nSPS) is 15.2. The summed E-state index contributed by atoms with van der Waals surface area (Å²) in [5.74, 6) is -0.703. The van der Waals surface area contributed by atoms with Crippen LogP contribution in [-0.4, -0.2) is 24.0 Å². The molecule has 4 nitrogen and oxygen atoms in total. The lowest BCUT2D eigenvalue weighted by atomic mass is 9.90. The lowest BCUT2D eigenvalue weighted by Crippen LogP contribution is -2.39. The van der Waals surface area contributed by atoms with Gasteiger partial charge in [0.1, 0.15) is 0 Å². The van der Waals surface area contributed by atoms with E-state index in [0.29, 0.717) is 5.56 Å². The highest BCUT2D eigenvalue weighted by Gasteiger charge is 2.20. The van der Waals surface area contributed by atoms with Crippen LogP contribution < -0.4 is 5.32 Å². The van der Waals surface area contributed by atoms with Gasteiger partial charge in [-0.25, -0.2) is 4.79 Å². The number of fused-ring (bicyclic) bond motifs is 1. The van der Waals surface area contributed by atoms with Crippen LogP contribution in [0, 0.1) is 0 Å². The predicted molar refractivity (Wildman–Crippen MR) is 81.2 cm³/mol. The third-order valence-corrected chi connectivity index (χ3v) is 3.67. The summed E-state index contributed by atoms with van der Waals surface area (Å²) in [4.78, 5) is 23.9. The first kappa shape index (κ1) is 15.5. The van der Waals surface area contributed by atoms with E-state index in [4.69, 9.17) is 4.74 Å². The molecule has 2 rings (SSSR count). The van der Waals surface area contributed by atoms with Gasteiger partial charge in [0.2, 0.25) is 0 Å². The highest BCUT2D eigenvalue weighted by molar-refractivity contribution is 5.92. The van der Waals surface area contributed by atoms with Crippen molar-refractivity contribution in [3.05, 3.63) is 34.9 Å². The summed E-state index contributed by atoms with van der Waals surface area (Å²) in [5, 5.41) is 2.73. The second kappa shape index (κ2) is 6.74. The number of amides is 1. The molecule has 0 saturated carbocycles. The van der Waals surface area contributed by atoms with Gasteiger partial charge in [0, 0.05) is 6.04 Å². The van der Waals surface area contributed by atoms with Crippen LogP contribution in [0.2, 0.25) is 0 Å². The Labute approximate surface area is 125 Å². The maximum atomic E-state index is 12.1. The largest absolute Gasteiger partial charge is 0.449 e. The number of benzene rings is 1. The number of hydrogen-bond donors (Lipinski definition) is 1. The van der Waals surface area contributed by atoms with Gasteiger partial charge < -0.3 is 10.1 Å². The van der Waals surface area contributed by atoms with Gasteiger partial charge in [-0.05, 0) is 69.7 Å². The van der Waals surface area contributed by atoms with Crippen LogP contribution in [0.3, 0.4) is 0 Å². The molecular weight excluding hydrogens is 266 g/mol. The van der Waals surface area contributed by atoms with E-state index in [1.807, 2.05) is 26.0 Å².